The minimum atomic E-state index is -2.68. The molecule has 3 rings (SSSR count). The normalized spacial score (nSPS) is 15.4. The fourth-order valence-electron chi connectivity index (χ4n) is 3.87. The summed E-state index contributed by atoms with van der Waals surface area (Å²) in [5.74, 6) is -1.87. The molecule has 0 spiro atoms. The zero-order valence-corrected chi connectivity index (χ0v) is 17.1. The minimum absolute atomic E-state index is 0.193. The molecule has 1 nitrogen and oxygen atoms in total. The maximum atomic E-state index is 14.7. The Kier molecular flexibility index (Phi) is 7.11. The highest BCUT2D eigenvalue weighted by molar-refractivity contribution is 6.59. The molecule has 2 aromatic rings. The van der Waals surface area contributed by atoms with Gasteiger partial charge in [-0.2, -0.15) is 13.2 Å². The smallest absolute Gasteiger partial charge is 0.344 e. The molecule has 1 saturated heterocycles. The second kappa shape index (κ2) is 9.56. The molecular formula is C22H22F5OSi. The molecule has 29 heavy (non-hydrogen) atoms. The molecule has 0 atom stereocenters. The Balaban J connectivity index is 1.75. The number of halogens is 5. The Hall–Kier alpha value is -2.15. The van der Waals surface area contributed by atoms with Crippen LogP contribution in [-0.4, -0.2) is 8.80 Å². The van der Waals surface area contributed by atoms with Gasteiger partial charge in [0.05, 0.1) is 0 Å². The Labute approximate surface area is 168 Å². The van der Waals surface area contributed by atoms with E-state index in [0.29, 0.717) is 5.92 Å². The molecule has 1 fully saturated rings. The fourth-order valence-corrected chi connectivity index (χ4v) is 6.84. The highest BCUT2D eigenvalue weighted by Crippen LogP contribution is 2.37. The lowest BCUT2D eigenvalue weighted by Crippen LogP contribution is -2.20. The number of hydrogen-bond acceptors (Lipinski definition) is 1. The van der Waals surface area contributed by atoms with Gasteiger partial charge >= 0.3 is 12.1 Å². The third-order valence-electron chi connectivity index (χ3n) is 5.35. The van der Waals surface area contributed by atoms with E-state index in [9.17, 15) is 22.0 Å². The standard InChI is InChI=1S/C22H22F5OSi/c1-2-9-29-10-7-14(8-11-29)15-3-5-17(18(23)12-15)16-4-6-20(19(24)13-16)28-22(27)21(25)26/h3-6,12-14H,2,7-11H2,1H3. The van der Waals surface area contributed by atoms with Crippen molar-refractivity contribution in [2.24, 2.45) is 0 Å². The van der Waals surface area contributed by atoms with Crippen molar-refractivity contribution >= 4 is 8.80 Å². The van der Waals surface area contributed by atoms with Crippen LogP contribution in [0.5, 0.6) is 5.75 Å². The molecule has 0 unspecified atom stereocenters. The van der Waals surface area contributed by atoms with Crippen molar-refractivity contribution in [3.63, 3.8) is 0 Å². The average molecular weight is 425 g/mol. The third kappa shape index (κ3) is 5.26. The highest BCUT2D eigenvalue weighted by Gasteiger charge is 2.24. The Morgan fingerprint density at radius 2 is 1.72 bits per heavy atom. The molecule has 1 aliphatic rings. The largest absolute Gasteiger partial charge is 0.425 e. The van der Waals surface area contributed by atoms with Crippen molar-refractivity contribution in [1.82, 2.24) is 0 Å². The number of hydrogen-bond donors (Lipinski definition) is 0. The predicted molar refractivity (Wildman–Crippen MR) is 105 cm³/mol. The van der Waals surface area contributed by atoms with Crippen LogP contribution in [0.25, 0.3) is 11.1 Å². The summed E-state index contributed by atoms with van der Waals surface area (Å²) in [6.07, 6.45) is 0.713. The number of rotatable bonds is 6. The molecular weight excluding hydrogens is 403 g/mol. The monoisotopic (exact) mass is 425 g/mol. The van der Waals surface area contributed by atoms with Crippen LogP contribution in [0.2, 0.25) is 18.1 Å². The van der Waals surface area contributed by atoms with Crippen LogP contribution in [-0.2, 0) is 0 Å². The summed E-state index contributed by atoms with van der Waals surface area (Å²) in [6, 6.07) is 9.90. The first-order chi connectivity index (χ1) is 13.9. The first-order valence-corrected chi connectivity index (χ1v) is 11.8. The van der Waals surface area contributed by atoms with Crippen LogP contribution in [0.3, 0.4) is 0 Å². The van der Waals surface area contributed by atoms with E-state index in [-0.39, 0.29) is 19.9 Å². The van der Waals surface area contributed by atoms with Gasteiger partial charge in [0.15, 0.2) is 11.6 Å². The van der Waals surface area contributed by atoms with E-state index in [4.69, 9.17) is 0 Å². The number of ether oxygens (including phenoxy) is 1. The Morgan fingerprint density at radius 3 is 2.31 bits per heavy atom. The molecule has 2 aromatic carbocycles. The quantitative estimate of drug-likeness (QED) is 0.260. The molecule has 0 aromatic heterocycles. The van der Waals surface area contributed by atoms with Crippen LogP contribution in [0, 0.1) is 11.6 Å². The molecule has 0 amide bonds. The molecule has 1 radical (unpaired) electrons. The second-order valence-corrected chi connectivity index (χ2v) is 10.3. The Bertz CT molecular complexity index is 887. The Morgan fingerprint density at radius 1 is 1.00 bits per heavy atom. The predicted octanol–water partition coefficient (Wildman–Crippen LogP) is 7.83. The van der Waals surface area contributed by atoms with Crippen molar-refractivity contribution in [3.8, 4) is 16.9 Å². The van der Waals surface area contributed by atoms with Crippen LogP contribution < -0.4 is 4.74 Å². The molecule has 1 heterocycles. The summed E-state index contributed by atoms with van der Waals surface area (Å²) in [7, 11) is -0.246. The molecule has 7 heteroatoms. The lowest BCUT2D eigenvalue weighted by molar-refractivity contribution is 0.234. The van der Waals surface area contributed by atoms with E-state index in [2.05, 4.69) is 11.7 Å². The van der Waals surface area contributed by atoms with Crippen molar-refractivity contribution in [3.05, 3.63) is 65.7 Å². The van der Waals surface area contributed by atoms with E-state index >= 15 is 0 Å². The van der Waals surface area contributed by atoms with E-state index in [0.717, 1.165) is 30.5 Å². The first-order valence-electron chi connectivity index (χ1n) is 9.70. The van der Waals surface area contributed by atoms with E-state index < -0.39 is 29.5 Å². The lowest BCUT2D eigenvalue weighted by Gasteiger charge is -2.27. The van der Waals surface area contributed by atoms with Gasteiger partial charge < -0.3 is 4.74 Å². The van der Waals surface area contributed by atoms with Crippen molar-refractivity contribution < 1.29 is 26.7 Å². The molecule has 0 saturated carbocycles. The van der Waals surface area contributed by atoms with E-state index in [1.807, 2.05) is 6.07 Å². The third-order valence-corrected chi connectivity index (χ3v) is 8.55. The summed E-state index contributed by atoms with van der Waals surface area (Å²) in [4.78, 5) is 0. The summed E-state index contributed by atoms with van der Waals surface area (Å²) < 4.78 is 70.0. The SMILES string of the molecule is CCC[Si]1CCC(c2ccc(-c3ccc(OC(F)=C(F)F)c(F)c3)c(F)c2)CC1. The van der Waals surface area contributed by atoms with Crippen LogP contribution in [0.15, 0.2) is 48.5 Å². The van der Waals surface area contributed by atoms with Crippen LogP contribution >= 0.6 is 0 Å². The van der Waals surface area contributed by atoms with Gasteiger partial charge in [-0.1, -0.05) is 49.7 Å². The van der Waals surface area contributed by atoms with Gasteiger partial charge in [-0.15, -0.1) is 0 Å². The maximum Gasteiger partial charge on any atom is 0.344 e. The zero-order chi connectivity index (χ0) is 21.0. The lowest BCUT2D eigenvalue weighted by atomic mass is 9.91. The second-order valence-electron chi connectivity index (χ2n) is 7.29. The summed E-state index contributed by atoms with van der Waals surface area (Å²) in [5, 5.41) is 0. The molecule has 0 bridgehead atoms. The van der Waals surface area contributed by atoms with E-state index in [1.54, 1.807) is 6.07 Å². The molecule has 0 N–H and O–H groups in total. The van der Waals surface area contributed by atoms with Gasteiger partial charge in [-0.05, 0) is 48.1 Å². The average Bonchev–Trinajstić information content (AvgIpc) is 2.70. The molecule has 1 aliphatic heterocycles. The summed E-state index contributed by atoms with van der Waals surface area (Å²) in [6.45, 7) is 2.21. The molecule has 0 aliphatic carbocycles. The summed E-state index contributed by atoms with van der Waals surface area (Å²) in [5.41, 5.74) is 1.37. The minimum Gasteiger partial charge on any atom is -0.425 e. The zero-order valence-electron chi connectivity index (χ0n) is 16.1. The topological polar surface area (TPSA) is 9.23 Å². The van der Waals surface area contributed by atoms with Gasteiger partial charge in [0.1, 0.15) is 5.82 Å². The highest BCUT2D eigenvalue weighted by atomic mass is 28.3. The van der Waals surface area contributed by atoms with Crippen LogP contribution in [0.1, 0.15) is 37.7 Å². The van der Waals surface area contributed by atoms with Gasteiger partial charge in [-0.3, -0.25) is 0 Å². The van der Waals surface area contributed by atoms with Crippen molar-refractivity contribution in [1.29, 1.82) is 0 Å². The van der Waals surface area contributed by atoms with Crippen molar-refractivity contribution in [2.75, 3.05) is 0 Å². The van der Waals surface area contributed by atoms with Gasteiger partial charge in [-0.25, -0.2) is 8.78 Å². The fraction of sp³-hybridized carbons (Fsp3) is 0.364. The van der Waals surface area contributed by atoms with Gasteiger partial charge in [0, 0.05) is 14.4 Å². The first kappa shape index (κ1) is 21.6. The van der Waals surface area contributed by atoms with Gasteiger partial charge in [0.2, 0.25) is 0 Å². The van der Waals surface area contributed by atoms with Gasteiger partial charge in [0.25, 0.3) is 0 Å². The maximum absolute atomic E-state index is 14.7. The number of benzene rings is 2. The molecule has 155 valence electrons. The van der Waals surface area contributed by atoms with E-state index in [1.165, 1.54) is 36.7 Å². The van der Waals surface area contributed by atoms with Crippen LogP contribution in [0.4, 0.5) is 22.0 Å². The summed E-state index contributed by atoms with van der Waals surface area (Å²) >= 11 is 0. The van der Waals surface area contributed by atoms with Crippen molar-refractivity contribution in [2.45, 2.75) is 50.2 Å².